The minimum absolute atomic E-state index is 0.152. The van der Waals surface area contributed by atoms with E-state index in [2.05, 4.69) is 31.2 Å². The molecule has 17 heavy (non-hydrogen) atoms. The van der Waals surface area contributed by atoms with Crippen LogP contribution in [0.5, 0.6) is 0 Å². The van der Waals surface area contributed by atoms with Gasteiger partial charge in [-0.2, -0.15) is 0 Å². The Balaban J connectivity index is 2.12. The first-order valence-corrected chi connectivity index (χ1v) is 5.59. The molecule has 1 N–H and O–H groups in total. The molecule has 0 bridgehead atoms. The summed E-state index contributed by atoms with van der Waals surface area (Å²) in [5, 5.41) is 2.89. The van der Waals surface area contributed by atoms with Crippen LogP contribution in [0.3, 0.4) is 0 Å². The van der Waals surface area contributed by atoms with Crippen molar-refractivity contribution in [3.63, 3.8) is 0 Å². The van der Waals surface area contributed by atoms with Gasteiger partial charge in [-0.1, -0.05) is 0 Å². The fourth-order valence-electron chi connectivity index (χ4n) is 1.30. The van der Waals surface area contributed by atoms with Crippen LogP contribution in [-0.2, 0) is 6.54 Å². The van der Waals surface area contributed by atoms with E-state index >= 15 is 0 Å². The van der Waals surface area contributed by atoms with Gasteiger partial charge in [0.15, 0.2) is 0 Å². The summed E-state index contributed by atoms with van der Waals surface area (Å²) in [5.74, 6) is -0.391. The minimum Gasteiger partial charge on any atom is -0.365 e. The molecule has 0 aliphatic heterocycles. The van der Waals surface area contributed by atoms with E-state index in [1.165, 1.54) is 6.33 Å². The number of aromatic nitrogens is 2. The molecular weight excluding hydrogens is 292 g/mol. The molecule has 2 rings (SSSR count). The summed E-state index contributed by atoms with van der Waals surface area (Å²) in [6.07, 6.45) is 2.94. The zero-order valence-corrected chi connectivity index (χ0v) is 10.2. The molecule has 3 nitrogen and oxygen atoms in total. The number of rotatable bonds is 3. The largest absolute Gasteiger partial charge is 0.365 e. The fourth-order valence-corrected chi connectivity index (χ4v) is 1.66. The summed E-state index contributed by atoms with van der Waals surface area (Å²) in [5.41, 5.74) is 0.246. The monoisotopic (exact) mass is 299 g/mol. The lowest BCUT2D eigenvalue weighted by Crippen LogP contribution is -2.04. The summed E-state index contributed by atoms with van der Waals surface area (Å²) in [4.78, 5) is 7.76. The predicted octanol–water partition coefficient (Wildman–Crippen LogP) is 3.13. The van der Waals surface area contributed by atoms with Gasteiger partial charge >= 0.3 is 0 Å². The first-order valence-electron chi connectivity index (χ1n) is 4.80. The summed E-state index contributed by atoms with van der Waals surface area (Å²) < 4.78 is 26.9. The van der Waals surface area contributed by atoms with Crippen LogP contribution in [0, 0.1) is 11.6 Å². The maximum atomic E-state index is 13.3. The van der Waals surface area contributed by atoms with Crippen molar-refractivity contribution in [2.45, 2.75) is 6.54 Å². The smallest absolute Gasteiger partial charge is 0.144 e. The molecule has 0 atom stereocenters. The second kappa shape index (κ2) is 5.18. The Morgan fingerprint density at radius 2 is 2.12 bits per heavy atom. The Bertz CT molecular complexity index is 534. The van der Waals surface area contributed by atoms with Crippen molar-refractivity contribution >= 4 is 21.7 Å². The van der Waals surface area contributed by atoms with E-state index in [-0.39, 0.29) is 12.1 Å². The summed E-state index contributed by atoms with van der Waals surface area (Å²) in [6, 6.07) is 3.33. The Morgan fingerprint density at radius 1 is 1.29 bits per heavy atom. The zero-order valence-electron chi connectivity index (χ0n) is 8.62. The predicted molar refractivity (Wildman–Crippen MR) is 63.4 cm³/mol. The third kappa shape index (κ3) is 2.97. The van der Waals surface area contributed by atoms with Gasteiger partial charge < -0.3 is 5.32 Å². The Morgan fingerprint density at radius 3 is 2.88 bits per heavy atom. The molecule has 88 valence electrons. The zero-order chi connectivity index (χ0) is 12.3. The molecule has 1 aromatic heterocycles. The van der Waals surface area contributed by atoms with E-state index in [0.717, 1.165) is 18.2 Å². The molecule has 1 aromatic carbocycles. The van der Waals surface area contributed by atoms with Gasteiger partial charge in [-0.3, -0.25) is 0 Å². The molecule has 2 aromatic rings. The van der Waals surface area contributed by atoms with Crippen LogP contribution in [0.25, 0.3) is 0 Å². The van der Waals surface area contributed by atoms with Crippen molar-refractivity contribution in [3.8, 4) is 0 Å². The number of nitrogens with zero attached hydrogens (tertiary/aromatic N) is 2. The van der Waals surface area contributed by atoms with Crippen molar-refractivity contribution in [2.75, 3.05) is 5.32 Å². The molecule has 0 fully saturated rings. The first-order chi connectivity index (χ1) is 8.16. The standard InChI is InChI=1S/C11H8BrF2N3/c12-9-5-15-6-17-11(9)16-4-7-3-8(13)1-2-10(7)14/h1-3,5-6H,4H2,(H,15,16,17). The molecule has 0 spiro atoms. The molecule has 0 aliphatic carbocycles. The van der Waals surface area contributed by atoms with Gasteiger partial charge in [-0.15, -0.1) is 0 Å². The van der Waals surface area contributed by atoms with Crippen LogP contribution in [0.15, 0.2) is 35.2 Å². The van der Waals surface area contributed by atoms with Crippen molar-refractivity contribution in [2.24, 2.45) is 0 Å². The van der Waals surface area contributed by atoms with Crippen LogP contribution >= 0.6 is 15.9 Å². The lowest BCUT2D eigenvalue weighted by molar-refractivity contribution is 0.587. The molecular formula is C11H8BrF2N3. The number of halogens is 3. The van der Waals surface area contributed by atoms with Crippen LogP contribution in [0.2, 0.25) is 0 Å². The summed E-state index contributed by atoms with van der Waals surface area (Å²) >= 11 is 3.25. The molecule has 0 saturated carbocycles. The minimum atomic E-state index is -0.468. The maximum absolute atomic E-state index is 13.3. The van der Waals surface area contributed by atoms with Crippen LogP contribution in [0.1, 0.15) is 5.56 Å². The molecule has 0 saturated heterocycles. The van der Waals surface area contributed by atoms with Crippen molar-refractivity contribution in [3.05, 3.63) is 52.4 Å². The van der Waals surface area contributed by atoms with Crippen LogP contribution in [-0.4, -0.2) is 9.97 Å². The van der Waals surface area contributed by atoms with E-state index < -0.39 is 11.6 Å². The number of nitrogens with one attached hydrogen (secondary N) is 1. The maximum Gasteiger partial charge on any atom is 0.144 e. The summed E-state index contributed by atoms with van der Waals surface area (Å²) in [7, 11) is 0. The number of benzene rings is 1. The van der Waals surface area contributed by atoms with Gasteiger partial charge in [0, 0.05) is 18.3 Å². The third-order valence-electron chi connectivity index (χ3n) is 2.12. The highest BCUT2D eigenvalue weighted by Gasteiger charge is 2.05. The number of anilines is 1. The first kappa shape index (κ1) is 11.9. The molecule has 1 heterocycles. The molecule has 0 amide bonds. The molecule has 6 heteroatoms. The molecule has 0 unspecified atom stereocenters. The topological polar surface area (TPSA) is 37.8 Å². The van der Waals surface area contributed by atoms with Gasteiger partial charge in [0.05, 0.1) is 4.47 Å². The average molecular weight is 300 g/mol. The normalized spacial score (nSPS) is 10.3. The highest BCUT2D eigenvalue weighted by Crippen LogP contribution is 2.18. The highest BCUT2D eigenvalue weighted by atomic mass is 79.9. The second-order valence-electron chi connectivity index (χ2n) is 3.31. The van der Waals surface area contributed by atoms with Crippen LogP contribution in [0.4, 0.5) is 14.6 Å². The Labute approximate surface area is 105 Å². The Kier molecular flexibility index (Phi) is 3.63. The van der Waals surface area contributed by atoms with Gasteiger partial charge in [0.1, 0.15) is 23.8 Å². The van der Waals surface area contributed by atoms with E-state index in [4.69, 9.17) is 0 Å². The number of hydrogen-bond acceptors (Lipinski definition) is 3. The lowest BCUT2D eigenvalue weighted by atomic mass is 10.2. The summed E-state index contributed by atoms with van der Waals surface area (Å²) in [6.45, 7) is 0.152. The number of hydrogen-bond donors (Lipinski definition) is 1. The van der Waals surface area contributed by atoms with Crippen molar-refractivity contribution in [1.29, 1.82) is 0 Å². The fraction of sp³-hybridized carbons (Fsp3) is 0.0909. The quantitative estimate of drug-likeness (QED) is 0.946. The highest BCUT2D eigenvalue weighted by molar-refractivity contribution is 9.10. The van der Waals surface area contributed by atoms with Gasteiger partial charge in [0.2, 0.25) is 0 Å². The average Bonchev–Trinajstić information content (AvgIpc) is 2.32. The van der Waals surface area contributed by atoms with Crippen molar-refractivity contribution < 1.29 is 8.78 Å². The lowest BCUT2D eigenvalue weighted by Gasteiger charge is -2.07. The van der Waals surface area contributed by atoms with Gasteiger partial charge in [0.25, 0.3) is 0 Å². The van der Waals surface area contributed by atoms with E-state index in [9.17, 15) is 8.78 Å². The van der Waals surface area contributed by atoms with E-state index in [0.29, 0.717) is 10.3 Å². The molecule has 0 radical (unpaired) electrons. The second-order valence-corrected chi connectivity index (χ2v) is 4.16. The van der Waals surface area contributed by atoms with Crippen LogP contribution < -0.4 is 5.32 Å². The third-order valence-corrected chi connectivity index (χ3v) is 2.70. The van der Waals surface area contributed by atoms with Crippen molar-refractivity contribution in [1.82, 2.24) is 9.97 Å². The Hall–Kier alpha value is -1.56. The van der Waals surface area contributed by atoms with Gasteiger partial charge in [-0.25, -0.2) is 18.7 Å². The molecule has 0 aliphatic rings. The van der Waals surface area contributed by atoms with E-state index in [1.54, 1.807) is 6.20 Å². The van der Waals surface area contributed by atoms with Gasteiger partial charge in [-0.05, 0) is 34.1 Å². The van der Waals surface area contributed by atoms with E-state index in [1.807, 2.05) is 0 Å². The SMILES string of the molecule is Fc1ccc(F)c(CNc2ncncc2Br)c1.